The number of nitrogens with one attached hydrogen (secondary N) is 1. The highest BCUT2D eigenvalue weighted by Gasteiger charge is 2.21. The molecule has 0 bridgehead atoms. The Morgan fingerprint density at radius 3 is 2.95 bits per heavy atom. The fraction of sp³-hybridized carbons (Fsp3) is 0.333. The summed E-state index contributed by atoms with van der Waals surface area (Å²) in [5.41, 5.74) is 1.63. The van der Waals surface area contributed by atoms with E-state index in [1.807, 2.05) is 29.0 Å². The molecule has 1 aliphatic rings. The van der Waals surface area contributed by atoms with Crippen molar-refractivity contribution in [3.05, 3.63) is 36.0 Å². The van der Waals surface area contributed by atoms with Crippen LogP contribution < -0.4 is 5.32 Å². The van der Waals surface area contributed by atoms with E-state index < -0.39 is 0 Å². The zero-order chi connectivity index (χ0) is 13.2. The second-order valence-electron chi connectivity index (χ2n) is 5.13. The quantitative estimate of drug-likeness (QED) is 0.832. The van der Waals surface area contributed by atoms with Gasteiger partial charge in [0.05, 0.1) is 0 Å². The minimum Gasteiger partial charge on any atom is -0.354 e. The lowest BCUT2D eigenvalue weighted by molar-refractivity contribution is -0.121. The standard InChI is InChI=1S/C15H16N2O2/c18-10-12-3-4-14-13(7-12)5-6-17(14)9-15(19)16-8-11-1-2-11/h3-7,10-11H,1-2,8-9H2,(H,16,19). The van der Waals surface area contributed by atoms with Crippen LogP contribution in [0.3, 0.4) is 0 Å². The topological polar surface area (TPSA) is 51.1 Å². The van der Waals surface area contributed by atoms with Crippen molar-refractivity contribution in [3.63, 3.8) is 0 Å². The van der Waals surface area contributed by atoms with E-state index in [4.69, 9.17) is 0 Å². The maximum Gasteiger partial charge on any atom is 0.239 e. The van der Waals surface area contributed by atoms with Crippen molar-refractivity contribution in [3.8, 4) is 0 Å². The molecule has 2 aromatic rings. The number of carbonyl (C=O) groups excluding carboxylic acids is 2. The van der Waals surface area contributed by atoms with Gasteiger partial charge in [0.2, 0.25) is 5.91 Å². The minimum atomic E-state index is 0.0452. The second kappa shape index (κ2) is 4.88. The lowest BCUT2D eigenvalue weighted by Gasteiger charge is -2.06. The Morgan fingerprint density at radius 1 is 1.37 bits per heavy atom. The first kappa shape index (κ1) is 12.0. The number of hydrogen-bond acceptors (Lipinski definition) is 2. The third kappa shape index (κ3) is 2.67. The Bertz CT molecular complexity index is 626. The zero-order valence-corrected chi connectivity index (χ0v) is 10.6. The van der Waals surface area contributed by atoms with E-state index >= 15 is 0 Å². The molecule has 1 aromatic heterocycles. The van der Waals surface area contributed by atoms with Gasteiger partial charge in [0.25, 0.3) is 0 Å². The van der Waals surface area contributed by atoms with Crippen LogP contribution in [-0.2, 0) is 11.3 Å². The summed E-state index contributed by atoms with van der Waals surface area (Å²) in [6, 6.07) is 7.42. The van der Waals surface area contributed by atoms with Crippen LogP contribution in [-0.4, -0.2) is 23.3 Å². The van der Waals surface area contributed by atoms with Gasteiger partial charge in [-0.15, -0.1) is 0 Å². The molecule has 1 amide bonds. The maximum absolute atomic E-state index is 11.8. The third-order valence-corrected chi connectivity index (χ3v) is 3.53. The second-order valence-corrected chi connectivity index (χ2v) is 5.13. The van der Waals surface area contributed by atoms with Gasteiger partial charge in [0.15, 0.2) is 0 Å². The molecule has 98 valence electrons. The Hall–Kier alpha value is -2.10. The number of hydrogen-bond donors (Lipinski definition) is 1. The molecule has 19 heavy (non-hydrogen) atoms. The van der Waals surface area contributed by atoms with E-state index in [1.54, 1.807) is 6.07 Å². The summed E-state index contributed by atoms with van der Waals surface area (Å²) in [5.74, 6) is 0.740. The van der Waals surface area contributed by atoms with Gasteiger partial charge in [-0.1, -0.05) is 0 Å². The minimum absolute atomic E-state index is 0.0452. The van der Waals surface area contributed by atoms with Crippen LogP contribution in [0.25, 0.3) is 10.9 Å². The number of fused-ring (bicyclic) bond motifs is 1. The largest absolute Gasteiger partial charge is 0.354 e. The van der Waals surface area contributed by atoms with Gasteiger partial charge in [-0.05, 0) is 43.0 Å². The molecule has 1 N–H and O–H groups in total. The van der Waals surface area contributed by atoms with Crippen molar-refractivity contribution >= 4 is 23.1 Å². The molecule has 3 rings (SSSR count). The summed E-state index contributed by atoms with van der Waals surface area (Å²) in [6.45, 7) is 1.13. The number of amides is 1. The molecular formula is C15H16N2O2. The van der Waals surface area contributed by atoms with Gasteiger partial charge in [0, 0.05) is 29.2 Å². The number of benzene rings is 1. The van der Waals surface area contributed by atoms with Crippen LogP contribution in [0.15, 0.2) is 30.5 Å². The Kier molecular flexibility index (Phi) is 3.07. The third-order valence-electron chi connectivity index (χ3n) is 3.53. The van der Waals surface area contributed by atoms with Crippen LogP contribution in [0.2, 0.25) is 0 Å². The van der Waals surface area contributed by atoms with Crippen LogP contribution in [0.4, 0.5) is 0 Å². The van der Waals surface area contributed by atoms with Crippen LogP contribution in [0.5, 0.6) is 0 Å². The predicted molar refractivity (Wildman–Crippen MR) is 73.1 cm³/mol. The molecule has 1 fully saturated rings. The first-order chi connectivity index (χ1) is 9.26. The molecule has 0 radical (unpaired) electrons. The Labute approximate surface area is 111 Å². The summed E-state index contributed by atoms with van der Waals surface area (Å²) >= 11 is 0. The SMILES string of the molecule is O=Cc1ccc2c(ccn2CC(=O)NCC2CC2)c1. The summed E-state index contributed by atoms with van der Waals surface area (Å²) in [7, 11) is 0. The molecule has 0 spiro atoms. The van der Waals surface area contributed by atoms with Gasteiger partial charge in [0.1, 0.15) is 12.8 Å². The smallest absolute Gasteiger partial charge is 0.239 e. The molecule has 1 aliphatic carbocycles. The van der Waals surface area contributed by atoms with E-state index in [1.165, 1.54) is 12.8 Å². The summed E-state index contributed by atoms with van der Waals surface area (Å²) < 4.78 is 1.91. The van der Waals surface area contributed by atoms with Crippen molar-refractivity contribution in [2.24, 2.45) is 5.92 Å². The first-order valence-electron chi connectivity index (χ1n) is 6.57. The number of aromatic nitrogens is 1. The molecule has 0 unspecified atom stereocenters. The van der Waals surface area contributed by atoms with Crippen LogP contribution in [0, 0.1) is 5.92 Å². The molecule has 1 saturated carbocycles. The number of aldehydes is 1. The molecule has 0 aliphatic heterocycles. The highest BCUT2D eigenvalue weighted by atomic mass is 16.2. The van der Waals surface area contributed by atoms with Gasteiger partial charge >= 0.3 is 0 Å². The molecule has 4 heteroatoms. The average molecular weight is 256 g/mol. The van der Waals surface area contributed by atoms with Crippen molar-refractivity contribution in [1.29, 1.82) is 0 Å². The monoisotopic (exact) mass is 256 g/mol. The van der Waals surface area contributed by atoms with Crippen molar-refractivity contribution in [1.82, 2.24) is 9.88 Å². The van der Waals surface area contributed by atoms with Crippen molar-refractivity contribution in [2.45, 2.75) is 19.4 Å². The van der Waals surface area contributed by atoms with Crippen LogP contribution >= 0.6 is 0 Å². The van der Waals surface area contributed by atoms with E-state index in [9.17, 15) is 9.59 Å². The number of rotatable bonds is 5. The van der Waals surface area contributed by atoms with Gasteiger partial charge < -0.3 is 9.88 Å². The fourth-order valence-electron chi connectivity index (χ4n) is 2.22. The normalized spacial score (nSPS) is 14.5. The molecular weight excluding hydrogens is 240 g/mol. The maximum atomic E-state index is 11.8. The number of nitrogens with zero attached hydrogens (tertiary/aromatic N) is 1. The van der Waals surface area contributed by atoms with E-state index in [0.29, 0.717) is 18.0 Å². The van der Waals surface area contributed by atoms with Crippen LogP contribution in [0.1, 0.15) is 23.2 Å². The Morgan fingerprint density at radius 2 is 2.21 bits per heavy atom. The van der Waals surface area contributed by atoms with E-state index in [-0.39, 0.29) is 5.91 Å². The summed E-state index contributed by atoms with van der Waals surface area (Å²) in [6.07, 6.45) is 5.19. The molecule has 0 atom stereocenters. The fourth-order valence-corrected chi connectivity index (χ4v) is 2.22. The zero-order valence-electron chi connectivity index (χ0n) is 10.6. The molecule has 4 nitrogen and oxygen atoms in total. The van der Waals surface area contributed by atoms with Gasteiger partial charge in [-0.3, -0.25) is 9.59 Å². The first-order valence-corrected chi connectivity index (χ1v) is 6.57. The summed E-state index contributed by atoms with van der Waals surface area (Å²) in [5, 5.41) is 3.94. The van der Waals surface area contributed by atoms with E-state index in [0.717, 1.165) is 23.7 Å². The van der Waals surface area contributed by atoms with Gasteiger partial charge in [-0.2, -0.15) is 0 Å². The average Bonchev–Trinajstić information content (AvgIpc) is 3.18. The van der Waals surface area contributed by atoms with Gasteiger partial charge in [-0.25, -0.2) is 0 Å². The van der Waals surface area contributed by atoms with E-state index in [2.05, 4.69) is 5.32 Å². The lowest BCUT2D eigenvalue weighted by Crippen LogP contribution is -2.29. The van der Waals surface area contributed by atoms with Crippen molar-refractivity contribution < 1.29 is 9.59 Å². The van der Waals surface area contributed by atoms with Crippen molar-refractivity contribution in [2.75, 3.05) is 6.54 Å². The molecule has 0 saturated heterocycles. The highest BCUT2D eigenvalue weighted by molar-refractivity contribution is 5.88. The predicted octanol–water partition coefficient (Wildman–Crippen LogP) is 1.98. The Balaban J connectivity index is 1.72. The number of carbonyl (C=O) groups is 2. The molecule has 1 aromatic carbocycles. The highest BCUT2D eigenvalue weighted by Crippen LogP contribution is 2.27. The summed E-state index contributed by atoms with van der Waals surface area (Å²) in [4.78, 5) is 22.5. The molecule has 1 heterocycles. The lowest BCUT2D eigenvalue weighted by atomic mass is 10.2.